The molecule has 0 fully saturated rings. The SMILES string of the molecule is C=CC(=O)OCC.CCCCCCCCCC(C)(C)N. The number of esters is 1. The van der Waals surface area contributed by atoms with Crippen LogP contribution in [0.4, 0.5) is 0 Å². The molecule has 0 aliphatic rings. The van der Waals surface area contributed by atoms with E-state index in [9.17, 15) is 4.79 Å². The fraction of sp³-hybridized carbons (Fsp3) is 0.824. The molecule has 2 N–H and O–H groups in total. The first kappa shape index (κ1) is 21.5. The van der Waals surface area contributed by atoms with E-state index >= 15 is 0 Å². The summed E-state index contributed by atoms with van der Waals surface area (Å²) < 4.78 is 4.43. The van der Waals surface area contributed by atoms with Gasteiger partial charge in [-0.15, -0.1) is 0 Å². The van der Waals surface area contributed by atoms with Crippen LogP contribution in [-0.4, -0.2) is 18.1 Å². The highest BCUT2D eigenvalue weighted by atomic mass is 16.5. The predicted molar refractivity (Wildman–Crippen MR) is 87.7 cm³/mol. The molecule has 0 aromatic rings. The number of hydrogen-bond donors (Lipinski definition) is 1. The molecule has 0 rings (SSSR count). The van der Waals surface area contributed by atoms with Crippen LogP contribution in [-0.2, 0) is 9.53 Å². The Morgan fingerprint density at radius 3 is 1.95 bits per heavy atom. The van der Waals surface area contributed by atoms with Crippen molar-refractivity contribution >= 4 is 5.97 Å². The zero-order valence-electron chi connectivity index (χ0n) is 14.0. The first-order chi connectivity index (χ1) is 9.37. The highest BCUT2D eigenvalue weighted by molar-refractivity contribution is 5.81. The van der Waals surface area contributed by atoms with Gasteiger partial charge in [0.05, 0.1) is 6.61 Å². The van der Waals surface area contributed by atoms with Crippen molar-refractivity contribution in [1.82, 2.24) is 0 Å². The van der Waals surface area contributed by atoms with Crippen molar-refractivity contribution in [2.24, 2.45) is 5.73 Å². The third-order valence-electron chi connectivity index (χ3n) is 2.88. The molecule has 120 valence electrons. The average molecular weight is 285 g/mol. The number of rotatable bonds is 10. The van der Waals surface area contributed by atoms with Crippen molar-refractivity contribution in [3.05, 3.63) is 12.7 Å². The van der Waals surface area contributed by atoms with E-state index < -0.39 is 0 Å². The summed E-state index contributed by atoms with van der Waals surface area (Å²) in [6, 6.07) is 0. The number of unbranched alkanes of at least 4 members (excludes halogenated alkanes) is 6. The van der Waals surface area contributed by atoms with Gasteiger partial charge >= 0.3 is 5.97 Å². The molecule has 0 aliphatic heterocycles. The van der Waals surface area contributed by atoms with Gasteiger partial charge in [0, 0.05) is 11.6 Å². The first-order valence-corrected chi connectivity index (χ1v) is 7.95. The standard InChI is InChI=1S/C12H27N.C5H8O2/c1-4-5-6-7-8-9-10-11-12(2,3)13;1-3-5(6)7-4-2/h4-11,13H2,1-3H3;3H,1,4H2,2H3. The number of ether oxygens (including phenoxy) is 1. The third-order valence-corrected chi connectivity index (χ3v) is 2.88. The van der Waals surface area contributed by atoms with Crippen LogP contribution in [0.1, 0.15) is 79.1 Å². The van der Waals surface area contributed by atoms with E-state index in [1.807, 2.05) is 0 Å². The second-order valence-corrected chi connectivity index (χ2v) is 5.82. The molecule has 0 spiro atoms. The first-order valence-electron chi connectivity index (χ1n) is 7.95. The van der Waals surface area contributed by atoms with Gasteiger partial charge < -0.3 is 10.5 Å². The number of hydrogen-bond acceptors (Lipinski definition) is 3. The predicted octanol–water partition coefficient (Wildman–Crippen LogP) is 4.60. The Morgan fingerprint density at radius 1 is 1.10 bits per heavy atom. The van der Waals surface area contributed by atoms with Crippen molar-refractivity contribution in [2.75, 3.05) is 6.61 Å². The molecular formula is C17H35NO2. The summed E-state index contributed by atoms with van der Waals surface area (Å²) in [7, 11) is 0. The molecular weight excluding hydrogens is 250 g/mol. The average Bonchev–Trinajstić information content (AvgIpc) is 2.37. The molecule has 0 amide bonds. The third kappa shape index (κ3) is 22.4. The molecule has 0 atom stereocenters. The molecule has 3 heteroatoms. The number of nitrogens with two attached hydrogens (primary N) is 1. The molecule has 0 unspecified atom stereocenters. The van der Waals surface area contributed by atoms with E-state index in [4.69, 9.17) is 5.73 Å². The van der Waals surface area contributed by atoms with Crippen LogP contribution < -0.4 is 5.73 Å². The van der Waals surface area contributed by atoms with Crippen LogP contribution in [0.2, 0.25) is 0 Å². The van der Waals surface area contributed by atoms with Crippen LogP contribution in [0.15, 0.2) is 12.7 Å². The number of carbonyl (C=O) groups is 1. The monoisotopic (exact) mass is 285 g/mol. The maximum atomic E-state index is 10.1. The summed E-state index contributed by atoms with van der Waals surface area (Å²) >= 11 is 0. The van der Waals surface area contributed by atoms with Crippen molar-refractivity contribution in [3.8, 4) is 0 Å². The van der Waals surface area contributed by atoms with Crippen LogP contribution in [0.3, 0.4) is 0 Å². The molecule has 0 saturated carbocycles. The van der Waals surface area contributed by atoms with E-state index in [2.05, 4.69) is 32.1 Å². The lowest BCUT2D eigenvalue weighted by Crippen LogP contribution is -2.31. The Balaban J connectivity index is 0. The maximum absolute atomic E-state index is 10.1. The van der Waals surface area contributed by atoms with Crippen LogP contribution in [0.25, 0.3) is 0 Å². The highest BCUT2D eigenvalue weighted by Gasteiger charge is 2.08. The lowest BCUT2D eigenvalue weighted by Gasteiger charge is -2.17. The molecule has 0 heterocycles. The Labute approximate surface area is 126 Å². The number of carbonyl (C=O) groups excluding carboxylic acids is 1. The van der Waals surface area contributed by atoms with Gasteiger partial charge in [-0.3, -0.25) is 0 Å². The van der Waals surface area contributed by atoms with Crippen molar-refractivity contribution in [2.45, 2.75) is 84.6 Å². The van der Waals surface area contributed by atoms with Gasteiger partial charge in [-0.25, -0.2) is 4.79 Å². The quantitative estimate of drug-likeness (QED) is 0.362. The smallest absolute Gasteiger partial charge is 0.330 e. The van der Waals surface area contributed by atoms with Crippen molar-refractivity contribution < 1.29 is 9.53 Å². The lowest BCUT2D eigenvalue weighted by molar-refractivity contribution is -0.137. The maximum Gasteiger partial charge on any atom is 0.330 e. The second-order valence-electron chi connectivity index (χ2n) is 5.82. The van der Waals surface area contributed by atoms with E-state index in [0.29, 0.717) is 6.61 Å². The molecule has 0 radical (unpaired) electrons. The molecule has 0 aromatic heterocycles. The highest BCUT2D eigenvalue weighted by Crippen LogP contribution is 2.13. The van der Waals surface area contributed by atoms with Gasteiger partial charge in [0.2, 0.25) is 0 Å². The van der Waals surface area contributed by atoms with Crippen LogP contribution >= 0.6 is 0 Å². The summed E-state index contributed by atoms with van der Waals surface area (Å²) in [5.41, 5.74) is 5.94. The van der Waals surface area contributed by atoms with E-state index in [1.54, 1.807) is 6.92 Å². The van der Waals surface area contributed by atoms with E-state index in [1.165, 1.54) is 51.4 Å². The molecule has 0 aliphatic carbocycles. The summed E-state index contributed by atoms with van der Waals surface area (Å²) in [4.78, 5) is 10.1. The van der Waals surface area contributed by atoms with E-state index in [-0.39, 0.29) is 11.5 Å². The molecule has 0 aromatic carbocycles. The second kappa shape index (κ2) is 14.6. The van der Waals surface area contributed by atoms with E-state index in [0.717, 1.165) is 6.08 Å². The minimum absolute atomic E-state index is 0.0451. The van der Waals surface area contributed by atoms with Crippen LogP contribution in [0, 0.1) is 0 Å². The fourth-order valence-electron chi connectivity index (χ4n) is 1.74. The van der Waals surface area contributed by atoms with Crippen molar-refractivity contribution in [3.63, 3.8) is 0 Å². The zero-order chi connectivity index (χ0) is 15.9. The Morgan fingerprint density at radius 2 is 1.60 bits per heavy atom. The van der Waals surface area contributed by atoms with Gasteiger partial charge in [0.25, 0.3) is 0 Å². The molecule has 20 heavy (non-hydrogen) atoms. The minimum Gasteiger partial charge on any atom is -0.463 e. The zero-order valence-corrected chi connectivity index (χ0v) is 14.0. The molecule has 0 bridgehead atoms. The Bertz CT molecular complexity index is 232. The summed E-state index contributed by atoms with van der Waals surface area (Å²) in [5, 5.41) is 0. The van der Waals surface area contributed by atoms with Gasteiger partial charge in [-0.05, 0) is 27.2 Å². The molecule has 0 saturated heterocycles. The van der Waals surface area contributed by atoms with Gasteiger partial charge in [-0.1, -0.05) is 58.4 Å². The summed E-state index contributed by atoms with van der Waals surface area (Å²) in [5.74, 6) is -0.359. The summed E-state index contributed by atoms with van der Waals surface area (Å²) in [6.07, 6.45) is 12.0. The Hall–Kier alpha value is -0.830. The van der Waals surface area contributed by atoms with Gasteiger partial charge in [0.1, 0.15) is 0 Å². The van der Waals surface area contributed by atoms with Crippen molar-refractivity contribution in [1.29, 1.82) is 0 Å². The van der Waals surface area contributed by atoms with Gasteiger partial charge in [0.15, 0.2) is 0 Å². The summed E-state index contributed by atoms with van der Waals surface area (Å²) in [6.45, 7) is 11.9. The topological polar surface area (TPSA) is 52.3 Å². The van der Waals surface area contributed by atoms with Gasteiger partial charge in [-0.2, -0.15) is 0 Å². The molecule has 3 nitrogen and oxygen atoms in total. The largest absolute Gasteiger partial charge is 0.463 e. The Kier molecular flexibility index (Phi) is 15.6. The van der Waals surface area contributed by atoms with Crippen LogP contribution in [0.5, 0.6) is 0 Å². The normalized spacial score (nSPS) is 10.4. The fourth-order valence-corrected chi connectivity index (χ4v) is 1.74. The minimum atomic E-state index is -0.359. The lowest BCUT2D eigenvalue weighted by atomic mass is 9.97.